The van der Waals surface area contributed by atoms with Crippen molar-refractivity contribution in [2.45, 2.75) is 64.9 Å². The summed E-state index contributed by atoms with van der Waals surface area (Å²) in [6, 6.07) is 0. The maximum absolute atomic E-state index is 5.99. The zero-order chi connectivity index (χ0) is 14.9. The van der Waals surface area contributed by atoms with E-state index in [9.17, 15) is 0 Å². The molecule has 21 heavy (non-hydrogen) atoms. The van der Waals surface area contributed by atoms with Gasteiger partial charge in [-0.2, -0.15) is 0 Å². The molecule has 122 valence electrons. The highest BCUT2D eigenvalue weighted by Gasteiger charge is 2.25. The Morgan fingerprint density at radius 3 is 2.52 bits per heavy atom. The van der Waals surface area contributed by atoms with Crippen LogP contribution in [0.1, 0.15) is 58.8 Å². The van der Waals surface area contributed by atoms with Gasteiger partial charge < -0.3 is 15.0 Å². The summed E-state index contributed by atoms with van der Waals surface area (Å²) in [5, 5.41) is 3.43. The van der Waals surface area contributed by atoms with E-state index in [0.29, 0.717) is 6.10 Å². The fourth-order valence-corrected chi connectivity index (χ4v) is 3.65. The minimum atomic E-state index is 0.419. The summed E-state index contributed by atoms with van der Waals surface area (Å²) in [5.41, 5.74) is 0. The average Bonchev–Trinajstić information content (AvgIpc) is 3.18. The van der Waals surface area contributed by atoms with Gasteiger partial charge in [-0.3, -0.25) is 4.99 Å². The summed E-state index contributed by atoms with van der Waals surface area (Å²) in [4.78, 5) is 7.24. The predicted molar refractivity (Wildman–Crippen MR) is 88.8 cm³/mol. The highest BCUT2D eigenvalue weighted by atomic mass is 16.5. The Morgan fingerprint density at radius 2 is 1.90 bits per heavy atom. The van der Waals surface area contributed by atoms with Crippen molar-refractivity contribution in [1.82, 2.24) is 10.2 Å². The van der Waals surface area contributed by atoms with Gasteiger partial charge in [0.25, 0.3) is 0 Å². The minimum absolute atomic E-state index is 0.419. The lowest BCUT2D eigenvalue weighted by Crippen LogP contribution is -2.39. The Labute approximate surface area is 130 Å². The van der Waals surface area contributed by atoms with Crippen LogP contribution in [0.25, 0.3) is 0 Å². The standard InChI is InChI=1S/C17H33N3O/c1-3-18-17(20-13-7-8-14-20)19-12-11-16(21-4-2)15-9-5-6-10-15/h15-16H,3-14H2,1-2H3,(H,18,19). The summed E-state index contributed by atoms with van der Waals surface area (Å²) in [6.45, 7) is 9.24. The number of rotatable bonds is 7. The molecule has 1 saturated carbocycles. The molecular formula is C17H33N3O. The Morgan fingerprint density at radius 1 is 1.19 bits per heavy atom. The lowest BCUT2D eigenvalue weighted by molar-refractivity contribution is 0.0177. The third kappa shape index (κ3) is 5.17. The van der Waals surface area contributed by atoms with Crippen molar-refractivity contribution >= 4 is 5.96 Å². The largest absolute Gasteiger partial charge is 0.378 e. The van der Waals surface area contributed by atoms with E-state index in [1.807, 2.05) is 0 Å². The second-order valence-corrected chi connectivity index (χ2v) is 6.26. The van der Waals surface area contributed by atoms with Crippen molar-refractivity contribution in [2.24, 2.45) is 10.9 Å². The van der Waals surface area contributed by atoms with Crippen LogP contribution in [0.15, 0.2) is 4.99 Å². The number of nitrogens with zero attached hydrogens (tertiary/aromatic N) is 2. The molecule has 1 aliphatic heterocycles. The first-order valence-corrected chi connectivity index (χ1v) is 9.00. The SMILES string of the molecule is CCNC(=NCCC(OCC)C1CCCC1)N1CCCC1. The van der Waals surface area contributed by atoms with Crippen LogP contribution >= 0.6 is 0 Å². The van der Waals surface area contributed by atoms with Gasteiger partial charge in [0.05, 0.1) is 6.10 Å². The first-order valence-electron chi connectivity index (χ1n) is 9.00. The number of ether oxygens (including phenoxy) is 1. The lowest BCUT2D eigenvalue weighted by Gasteiger charge is -2.24. The van der Waals surface area contributed by atoms with E-state index in [-0.39, 0.29) is 0 Å². The number of hydrogen-bond acceptors (Lipinski definition) is 2. The number of nitrogens with one attached hydrogen (secondary N) is 1. The van der Waals surface area contributed by atoms with Crippen LogP contribution in [0.4, 0.5) is 0 Å². The average molecular weight is 295 g/mol. The van der Waals surface area contributed by atoms with E-state index in [2.05, 4.69) is 24.1 Å². The predicted octanol–water partition coefficient (Wildman–Crippen LogP) is 3.03. The van der Waals surface area contributed by atoms with Gasteiger partial charge in [0.15, 0.2) is 5.96 Å². The van der Waals surface area contributed by atoms with Crippen molar-refractivity contribution in [3.63, 3.8) is 0 Å². The molecule has 2 rings (SSSR count). The lowest BCUT2D eigenvalue weighted by atomic mass is 9.98. The summed E-state index contributed by atoms with van der Waals surface area (Å²) in [7, 11) is 0. The molecule has 0 spiro atoms. The van der Waals surface area contributed by atoms with Gasteiger partial charge >= 0.3 is 0 Å². The minimum Gasteiger partial charge on any atom is -0.378 e. The van der Waals surface area contributed by atoms with E-state index in [1.54, 1.807) is 0 Å². The molecule has 0 amide bonds. The zero-order valence-corrected chi connectivity index (χ0v) is 13.9. The summed E-state index contributed by atoms with van der Waals surface area (Å²) < 4.78 is 5.99. The normalized spacial score (nSPS) is 22.0. The van der Waals surface area contributed by atoms with Crippen LogP contribution < -0.4 is 5.32 Å². The molecule has 1 saturated heterocycles. The van der Waals surface area contributed by atoms with E-state index in [4.69, 9.17) is 9.73 Å². The Balaban J connectivity index is 1.83. The van der Waals surface area contributed by atoms with Crippen LogP contribution in [-0.4, -0.2) is 49.7 Å². The molecule has 1 unspecified atom stereocenters. The molecular weight excluding hydrogens is 262 g/mol. The maximum Gasteiger partial charge on any atom is 0.193 e. The summed E-state index contributed by atoms with van der Waals surface area (Å²) in [5.74, 6) is 1.88. The van der Waals surface area contributed by atoms with Crippen molar-refractivity contribution in [3.05, 3.63) is 0 Å². The maximum atomic E-state index is 5.99. The molecule has 2 fully saturated rings. The van der Waals surface area contributed by atoms with E-state index in [1.165, 1.54) is 38.5 Å². The van der Waals surface area contributed by atoms with Gasteiger partial charge in [-0.1, -0.05) is 12.8 Å². The molecule has 0 radical (unpaired) electrons. The third-order valence-electron chi connectivity index (χ3n) is 4.72. The first kappa shape index (κ1) is 16.6. The van der Waals surface area contributed by atoms with Gasteiger partial charge in [0.2, 0.25) is 0 Å². The smallest absolute Gasteiger partial charge is 0.193 e. The Kier molecular flexibility index (Phi) is 7.34. The molecule has 0 aromatic carbocycles. The molecule has 4 heteroatoms. The van der Waals surface area contributed by atoms with Crippen molar-refractivity contribution in [2.75, 3.05) is 32.8 Å². The molecule has 1 aliphatic carbocycles. The third-order valence-corrected chi connectivity index (χ3v) is 4.72. The van der Waals surface area contributed by atoms with E-state index >= 15 is 0 Å². The summed E-state index contributed by atoms with van der Waals surface area (Å²) in [6.07, 6.45) is 9.55. The molecule has 1 atom stereocenters. The highest BCUT2D eigenvalue weighted by Crippen LogP contribution is 2.30. The fraction of sp³-hybridized carbons (Fsp3) is 0.941. The van der Waals surface area contributed by atoms with Crippen LogP contribution in [0.3, 0.4) is 0 Å². The van der Waals surface area contributed by atoms with E-state index < -0.39 is 0 Å². The molecule has 0 aromatic rings. The van der Waals surface area contributed by atoms with E-state index in [0.717, 1.165) is 51.1 Å². The highest BCUT2D eigenvalue weighted by molar-refractivity contribution is 5.80. The fourth-order valence-electron chi connectivity index (χ4n) is 3.65. The van der Waals surface area contributed by atoms with Crippen LogP contribution in [-0.2, 0) is 4.74 Å². The van der Waals surface area contributed by atoms with Gasteiger partial charge in [-0.25, -0.2) is 0 Å². The van der Waals surface area contributed by atoms with Gasteiger partial charge in [0.1, 0.15) is 0 Å². The molecule has 1 N–H and O–H groups in total. The Bertz CT molecular complexity index is 307. The summed E-state index contributed by atoms with van der Waals surface area (Å²) >= 11 is 0. The topological polar surface area (TPSA) is 36.9 Å². The quantitative estimate of drug-likeness (QED) is 0.579. The molecule has 0 aromatic heterocycles. The molecule has 0 bridgehead atoms. The van der Waals surface area contributed by atoms with Crippen molar-refractivity contribution in [3.8, 4) is 0 Å². The van der Waals surface area contributed by atoms with Crippen LogP contribution in [0, 0.1) is 5.92 Å². The Hall–Kier alpha value is -0.770. The zero-order valence-electron chi connectivity index (χ0n) is 13.9. The van der Waals surface area contributed by atoms with Gasteiger partial charge in [0, 0.05) is 32.8 Å². The van der Waals surface area contributed by atoms with Crippen molar-refractivity contribution in [1.29, 1.82) is 0 Å². The number of guanidine groups is 1. The van der Waals surface area contributed by atoms with Crippen LogP contribution in [0.2, 0.25) is 0 Å². The molecule has 4 nitrogen and oxygen atoms in total. The van der Waals surface area contributed by atoms with Gasteiger partial charge in [-0.15, -0.1) is 0 Å². The van der Waals surface area contributed by atoms with Crippen molar-refractivity contribution < 1.29 is 4.74 Å². The monoisotopic (exact) mass is 295 g/mol. The van der Waals surface area contributed by atoms with Crippen LogP contribution in [0.5, 0.6) is 0 Å². The molecule has 1 heterocycles. The number of likely N-dealkylation sites (tertiary alicyclic amines) is 1. The number of hydrogen-bond donors (Lipinski definition) is 1. The second-order valence-electron chi connectivity index (χ2n) is 6.26. The first-order chi connectivity index (χ1) is 10.3. The molecule has 2 aliphatic rings. The van der Waals surface area contributed by atoms with Gasteiger partial charge in [-0.05, 0) is 51.9 Å². The number of aliphatic imine (C=N–C) groups is 1. The second kappa shape index (κ2) is 9.29.